The van der Waals surface area contributed by atoms with Gasteiger partial charge in [-0.05, 0) is 36.6 Å². The predicted octanol–water partition coefficient (Wildman–Crippen LogP) is 3.66. The Labute approximate surface area is 139 Å². The van der Waals surface area contributed by atoms with E-state index in [4.69, 9.17) is 0 Å². The molecule has 3 rings (SSSR count). The van der Waals surface area contributed by atoms with Crippen molar-refractivity contribution in [2.75, 3.05) is 13.1 Å². The molecule has 1 amide bonds. The lowest BCUT2D eigenvalue weighted by Gasteiger charge is -2.37. The summed E-state index contributed by atoms with van der Waals surface area (Å²) in [7, 11) is 0. The van der Waals surface area contributed by atoms with Crippen LogP contribution in [0.3, 0.4) is 0 Å². The number of carbonyl (C=O) groups excluding carboxylic acids is 1. The molecule has 1 aliphatic rings. The molecule has 2 aromatic rings. The number of hydrogen-bond acceptors (Lipinski definition) is 2. The molecular weight excluding hydrogens is 310 g/mol. The fourth-order valence-corrected chi connectivity index (χ4v) is 3.13. The highest BCUT2D eigenvalue weighted by Crippen LogP contribution is 2.35. The molecule has 2 aromatic carbocycles. The lowest BCUT2D eigenvalue weighted by atomic mass is 9.74. The number of amides is 1. The highest BCUT2D eigenvalue weighted by Gasteiger charge is 2.37. The summed E-state index contributed by atoms with van der Waals surface area (Å²) < 4.78 is 26.3. The summed E-state index contributed by atoms with van der Waals surface area (Å²) >= 11 is 0. The molecule has 0 aliphatic carbocycles. The van der Waals surface area contributed by atoms with E-state index in [0.29, 0.717) is 25.9 Å². The number of nitrogens with zero attached hydrogens (tertiary/aromatic N) is 2. The van der Waals surface area contributed by atoms with E-state index in [9.17, 15) is 18.8 Å². The van der Waals surface area contributed by atoms with Crippen molar-refractivity contribution in [1.82, 2.24) is 4.90 Å². The first-order valence-electron chi connectivity index (χ1n) is 7.77. The Morgan fingerprint density at radius 3 is 2.29 bits per heavy atom. The summed E-state index contributed by atoms with van der Waals surface area (Å²) in [4.78, 5) is 14.0. The molecule has 0 atom stereocenters. The van der Waals surface area contributed by atoms with E-state index < -0.39 is 17.0 Å². The Kier molecular flexibility index (Phi) is 4.30. The van der Waals surface area contributed by atoms with Crippen LogP contribution in [0.4, 0.5) is 8.78 Å². The second-order valence-corrected chi connectivity index (χ2v) is 5.98. The lowest BCUT2D eigenvalue weighted by Crippen LogP contribution is -2.44. The smallest absolute Gasteiger partial charge is 0.253 e. The van der Waals surface area contributed by atoms with Gasteiger partial charge in [0.1, 0.15) is 0 Å². The maximum Gasteiger partial charge on any atom is 0.253 e. The van der Waals surface area contributed by atoms with Gasteiger partial charge >= 0.3 is 0 Å². The van der Waals surface area contributed by atoms with E-state index in [1.807, 2.05) is 30.3 Å². The largest absolute Gasteiger partial charge is 0.339 e. The molecule has 0 saturated carbocycles. The molecule has 0 bridgehead atoms. The quantitative estimate of drug-likeness (QED) is 0.845. The Hall–Kier alpha value is -2.74. The van der Waals surface area contributed by atoms with Crippen LogP contribution in [0, 0.1) is 23.0 Å². The SMILES string of the molecule is N#CC1(c2ccccc2)CCN(C(=O)c2ccc(F)c(F)c2)CC1. The minimum atomic E-state index is -1.03. The van der Waals surface area contributed by atoms with Gasteiger partial charge in [0.2, 0.25) is 0 Å². The van der Waals surface area contributed by atoms with Crippen LogP contribution in [0.2, 0.25) is 0 Å². The predicted molar refractivity (Wildman–Crippen MR) is 85.2 cm³/mol. The fraction of sp³-hybridized carbons (Fsp3) is 0.263. The van der Waals surface area contributed by atoms with Crippen molar-refractivity contribution in [2.24, 2.45) is 0 Å². The van der Waals surface area contributed by atoms with Gasteiger partial charge in [-0.2, -0.15) is 5.26 Å². The molecule has 1 heterocycles. The Morgan fingerprint density at radius 2 is 1.71 bits per heavy atom. The summed E-state index contributed by atoms with van der Waals surface area (Å²) in [6.45, 7) is 0.806. The Balaban J connectivity index is 1.76. The molecule has 1 aliphatic heterocycles. The van der Waals surface area contributed by atoms with Crippen molar-refractivity contribution in [3.05, 3.63) is 71.3 Å². The molecule has 0 aromatic heterocycles. The molecule has 0 spiro atoms. The first-order chi connectivity index (χ1) is 11.6. The van der Waals surface area contributed by atoms with Crippen molar-refractivity contribution in [2.45, 2.75) is 18.3 Å². The van der Waals surface area contributed by atoms with Crippen molar-refractivity contribution >= 4 is 5.91 Å². The minimum absolute atomic E-state index is 0.123. The average molecular weight is 326 g/mol. The molecule has 3 nitrogen and oxygen atoms in total. The second kappa shape index (κ2) is 6.40. The van der Waals surface area contributed by atoms with Crippen LogP contribution in [-0.2, 0) is 5.41 Å². The van der Waals surface area contributed by atoms with Crippen LogP contribution >= 0.6 is 0 Å². The third-order valence-corrected chi connectivity index (χ3v) is 4.61. The highest BCUT2D eigenvalue weighted by molar-refractivity contribution is 5.94. The maximum absolute atomic E-state index is 13.3. The molecular formula is C19H16F2N2O. The average Bonchev–Trinajstić information content (AvgIpc) is 2.64. The van der Waals surface area contributed by atoms with E-state index in [1.54, 1.807) is 4.90 Å². The normalized spacial score (nSPS) is 16.5. The third-order valence-electron chi connectivity index (χ3n) is 4.61. The number of nitriles is 1. The number of rotatable bonds is 2. The number of likely N-dealkylation sites (tertiary alicyclic amines) is 1. The first-order valence-corrected chi connectivity index (χ1v) is 7.77. The fourth-order valence-electron chi connectivity index (χ4n) is 3.13. The van der Waals surface area contributed by atoms with Crippen molar-refractivity contribution in [3.8, 4) is 6.07 Å². The topological polar surface area (TPSA) is 44.1 Å². The molecule has 1 fully saturated rings. The summed E-state index contributed by atoms with van der Waals surface area (Å²) in [5, 5.41) is 9.66. The van der Waals surface area contributed by atoms with Crippen LogP contribution in [-0.4, -0.2) is 23.9 Å². The van der Waals surface area contributed by atoms with Gasteiger partial charge in [-0.15, -0.1) is 0 Å². The zero-order chi connectivity index (χ0) is 17.2. The first kappa shape index (κ1) is 16.1. The van der Waals surface area contributed by atoms with Crippen molar-refractivity contribution in [3.63, 3.8) is 0 Å². The zero-order valence-electron chi connectivity index (χ0n) is 13.0. The number of piperidine rings is 1. The molecule has 1 saturated heterocycles. The summed E-state index contributed by atoms with van der Waals surface area (Å²) in [6, 6.07) is 15.1. The van der Waals surface area contributed by atoms with E-state index >= 15 is 0 Å². The van der Waals surface area contributed by atoms with Gasteiger partial charge in [-0.25, -0.2) is 8.78 Å². The number of halogens is 2. The Morgan fingerprint density at radius 1 is 1.04 bits per heavy atom. The van der Waals surface area contributed by atoms with E-state index in [1.165, 1.54) is 6.07 Å². The third kappa shape index (κ3) is 2.88. The van der Waals surface area contributed by atoms with E-state index in [0.717, 1.165) is 17.7 Å². The van der Waals surface area contributed by atoms with Crippen molar-refractivity contribution < 1.29 is 13.6 Å². The van der Waals surface area contributed by atoms with Gasteiger partial charge in [-0.3, -0.25) is 4.79 Å². The number of benzene rings is 2. The van der Waals surface area contributed by atoms with Crippen LogP contribution in [0.15, 0.2) is 48.5 Å². The summed E-state index contributed by atoms with van der Waals surface area (Å²) in [6.07, 6.45) is 1.03. The molecule has 0 unspecified atom stereocenters. The van der Waals surface area contributed by atoms with Gasteiger partial charge in [0.05, 0.1) is 11.5 Å². The van der Waals surface area contributed by atoms with Crippen LogP contribution < -0.4 is 0 Å². The maximum atomic E-state index is 13.3. The second-order valence-electron chi connectivity index (χ2n) is 5.98. The lowest BCUT2D eigenvalue weighted by molar-refractivity contribution is 0.0691. The molecule has 0 N–H and O–H groups in total. The summed E-state index contributed by atoms with van der Waals surface area (Å²) in [5.74, 6) is -2.35. The van der Waals surface area contributed by atoms with E-state index in [2.05, 4.69) is 6.07 Å². The van der Waals surface area contributed by atoms with Crippen molar-refractivity contribution in [1.29, 1.82) is 5.26 Å². The zero-order valence-corrected chi connectivity index (χ0v) is 13.0. The van der Waals surface area contributed by atoms with Gasteiger partial charge < -0.3 is 4.90 Å². The molecule has 122 valence electrons. The minimum Gasteiger partial charge on any atom is -0.339 e. The number of hydrogen-bond donors (Lipinski definition) is 0. The molecule has 0 radical (unpaired) electrons. The molecule has 24 heavy (non-hydrogen) atoms. The Bertz CT molecular complexity index is 791. The van der Waals surface area contributed by atoms with E-state index in [-0.39, 0.29) is 11.5 Å². The molecule has 5 heteroatoms. The van der Waals surface area contributed by atoms with Gasteiger partial charge in [0.25, 0.3) is 5.91 Å². The van der Waals surface area contributed by atoms with Crippen LogP contribution in [0.1, 0.15) is 28.8 Å². The summed E-state index contributed by atoms with van der Waals surface area (Å²) in [5.41, 5.74) is 0.469. The van der Waals surface area contributed by atoms with Gasteiger partial charge in [0.15, 0.2) is 11.6 Å². The van der Waals surface area contributed by atoms with Gasteiger partial charge in [-0.1, -0.05) is 30.3 Å². The highest BCUT2D eigenvalue weighted by atomic mass is 19.2. The number of carbonyl (C=O) groups is 1. The monoisotopic (exact) mass is 326 g/mol. The van der Waals surface area contributed by atoms with Crippen LogP contribution in [0.5, 0.6) is 0 Å². The van der Waals surface area contributed by atoms with Gasteiger partial charge in [0, 0.05) is 18.7 Å². The van der Waals surface area contributed by atoms with Crippen LogP contribution in [0.25, 0.3) is 0 Å². The standard InChI is InChI=1S/C19H16F2N2O/c20-16-7-6-14(12-17(16)21)18(24)23-10-8-19(13-22,9-11-23)15-4-2-1-3-5-15/h1-7,12H,8-11H2.